The van der Waals surface area contributed by atoms with Gasteiger partial charge in [-0.15, -0.1) is 0 Å². The molecule has 2 heterocycles. The van der Waals surface area contributed by atoms with Crippen molar-refractivity contribution in [2.75, 3.05) is 36.0 Å². The predicted molar refractivity (Wildman–Crippen MR) is 107 cm³/mol. The molecular formula is C21H31N3O3. The van der Waals surface area contributed by atoms with Crippen LogP contribution in [0.25, 0.3) is 0 Å². The van der Waals surface area contributed by atoms with Crippen LogP contribution >= 0.6 is 0 Å². The van der Waals surface area contributed by atoms with Gasteiger partial charge in [0.05, 0.1) is 17.5 Å². The minimum atomic E-state index is -0.0688. The Hall–Kier alpha value is -2.08. The van der Waals surface area contributed by atoms with E-state index in [0.29, 0.717) is 19.2 Å². The molecule has 2 amide bonds. The van der Waals surface area contributed by atoms with Crippen molar-refractivity contribution in [2.24, 2.45) is 0 Å². The lowest BCUT2D eigenvalue weighted by Gasteiger charge is -2.40. The number of ether oxygens (including phenoxy) is 1. The predicted octanol–water partition coefficient (Wildman–Crippen LogP) is 2.71. The molecule has 6 heteroatoms. The van der Waals surface area contributed by atoms with Gasteiger partial charge in [0, 0.05) is 45.1 Å². The highest BCUT2D eigenvalue weighted by molar-refractivity contribution is 5.99. The highest BCUT2D eigenvalue weighted by Gasteiger charge is 2.35. The summed E-state index contributed by atoms with van der Waals surface area (Å²) in [4.78, 5) is 29.1. The topological polar surface area (TPSA) is 61.9 Å². The second-order valence-electron chi connectivity index (χ2n) is 7.61. The maximum absolute atomic E-state index is 12.8. The summed E-state index contributed by atoms with van der Waals surface area (Å²) < 4.78 is 5.45. The van der Waals surface area contributed by atoms with Gasteiger partial charge in [0.25, 0.3) is 0 Å². The molecule has 2 aliphatic heterocycles. The molecule has 1 N–H and O–H groups in total. The Kier molecular flexibility index (Phi) is 6.72. The van der Waals surface area contributed by atoms with Crippen molar-refractivity contribution < 1.29 is 14.3 Å². The van der Waals surface area contributed by atoms with E-state index in [-0.39, 0.29) is 30.8 Å². The molecule has 6 nitrogen and oxygen atoms in total. The fourth-order valence-electron chi connectivity index (χ4n) is 3.89. The zero-order chi connectivity index (χ0) is 19.2. The van der Waals surface area contributed by atoms with E-state index < -0.39 is 0 Å². The summed E-state index contributed by atoms with van der Waals surface area (Å²) in [5.74, 6) is -0.0343. The van der Waals surface area contributed by atoms with Gasteiger partial charge in [-0.2, -0.15) is 0 Å². The van der Waals surface area contributed by atoms with Gasteiger partial charge >= 0.3 is 0 Å². The van der Waals surface area contributed by atoms with E-state index in [2.05, 4.69) is 16.3 Å². The molecular weight excluding hydrogens is 342 g/mol. The van der Waals surface area contributed by atoms with Crippen LogP contribution in [0.1, 0.15) is 46.0 Å². The lowest BCUT2D eigenvalue weighted by molar-refractivity contribution is -0.125. The number of benzene rings is 1. The monoisotopic (exact) mass is 373 g/mol. The van der Waals surface area contributed by atoms with Crippen molar-refractivity contribution in [3.8, 4) is 0 Å². The van der Waals surface area contributed by atoms with E-state index in [1.165, 1.54) is 6.42 Å². The largest absolute Gasteiger partial charge is 0.379 e. The lowest BCUT2D eigenvalue weighted by atomic mass is 10.1. The number of anilines is 2. The van der Waals surface area contributed by atoms with Gasteiger partial charge in [-0.3, -0.25) is 9.59 Å². The average molecular weight is 373 g/mol. The number of rotatable bonds is 8. The average Bonchev–Trinajstić information content (AvgIpc) is 3.14. The molecule has 27 heavy (non-hydrogen) atoms. The number of para-hydroxylation sites is 2. The fraction of sp³-hybridized carbons (Fsp3) is 0.619. The number of carbonyl (C=O) groups excluding carboxylic acids is 2. The number of hydrogen-bond donors (Lipinski definition) is 1. The van der Waals surface area contributed by atoms with Crippen LogP contribution in [0, 0.1) is 0 Å². The quantitative estimate of drug-likeness (QED) is 0.712. The van der Waals surface area contributed by atoms with Gasteiger partial charge in [0.15, 0.2) is 0 Å². The Morgan fingerprint density at radius 1 is 1.22 bits per heavy atom. The van der Waals surface area contributed by atoms with Crippen molar-refractivity contribution in [1.29, 1.82) is 0 Å². The molecule has 0 aliphatic carbocycles. The number of carbonyl (C=O) groups is 2. The Labute approximate surface area is 161 Å². The molecule has 0 bridgehead atoms. The van der Waals surface area contributed by atoms with Crippen LogP contribution in [0.2, 0.25) is 0 Å². The highest BCUT2D eigenvalue weighted by Crippen LogP contribution is 2.39. The van der Waals surface area contributed by atoms with Crippen LogP contribution in [0.5, 0.6) is 0 Å². The summed E-state index contributed by atoms with van der Waals surface area (Å²) in [6.07, 6.45) is 3.77. The molecule has 1 aromatic carbocycles. The Morgan fingerprint density at radius 2 is 2.00 bits per heavy atom. The molecule has 2 aliphatic rings. The first-order chi connectivity index (χ1) is 13.1. The Balaban J connectivity index is 1.48. The van der Waals surface area contributed by atoms with Gasteiger partial charge < -0.3 is 19.9 Å². The zero-order valence-electron chi connectivity index (χ0n) is 16.4. The molecule has 0 radical (unpaired) electrons. The SMILES string of the molecule is CC(C)OCCCNC(=O)CCC(=O)N1C[C@@H]2CCCN2c2ccccc21. The Bertz CT molecular complexity index is 662. The Morgan fingerprint density at radius 3 is 2.78 bits per heavy atom. The summed E-state index contributed by atoms with van der Waals surface area (Å²) in [5, 5.41) is 2.87. The summed E-state index contributed by atoms with van der Waals surface area (Å²) in [5.41, 5.74) is 2.13. The standard InChI is InChI=1S/C21H31N3O3/c1-16(2)27-14-6-12-22-20(25)10-11-21(26)24-15-17-7-5-13-23(17)18-8-3-4-9-19(18)24/h3-4,8-9,16-17H,5-7,10-15H2,1-2H3,(H,22,25)/t17-/m0/s1. The first-order valence-electron chi connectivity index (χ1n) is 10.1. The number of hydrogen-bond acceptors (Lipinski definition) is 4. The van der Waals surface area contributed by atoms with Crippen LogP contribution in [-0.4, -0.2) is 50.2 Å². The zero-order valence-corrected chi connectivity index (χ0v) is 16.4. The molecule has 148 valence electrons. The molecule has 0 unspecified atom stereocenters. The summed E-state index contributed by atoms with van der Waals surface area (Å²) in [7, 11) is 0. The molecule has 1 atom stereocenters. The van der Waals surface area contributed by atoms with E-state index in [9.17, 15) is 9.59 Å². The third-order valence-corrected chi connectivity index (χ3v) is 5.21. The molecule has 3 rings (SSSR count). The van der Waals surface area contributed by atoms with Gasteiger partial charge in [0.1, 0.15) is 0 Å². The van der Waals surface area contributed by atoms with E-state index in [4.69, 9.17) is 4.74 Å². The van der Waals surface area contributed by atoms with E-state index >= 15 is 0 Å². The summed E-state index contributed by atoms with van der Waals surface area (Å²) in [6.45, 7) is 7.00. The molecule has 1 fully saturated rings. The van der Waals surface area contributed by atoms with Crippen LogP contribution in [0.15, 0.2) is 24.3 Å². The molecule has 1 aromatic rings. The minimum Gasteiger partial charge on any atom is -0.379 e. The van der Waals surface area contributed by atoms with Crippen molar-refractivity contribution in [1.82, 2.24) is 5.32 Å². The molecule has 0 saturated carbocycles. The third kappa shape index (κ3) is 5.01. The van der Waals surface area contributed by atoms with E-state index in [1.54, 1.807) is 0 Å². The van der Waals surface area contributed by atoms with Crippen LogP contribution in [0.4, 0.5) is 11.4 Å². The minimum absolute atomic E-state index is 0.0345. The van der Waals surface area contributed by atoms with Gasteiger partial charge in [-0.1, -0.05) is 12.1 Å². The molecule has 0 spiro atoms. The lowest BCUT2D eigenvalue weighted by Crippen LogP contribution is -2.48. The van der Waals surface area contributed by atoms with Crippen molar-refractivity contribution in [3.05, 3.63) is 24.3 Å². The van der Waals surface area contributed by atoms with Crippen LogP contribution < -0.4 is 15.1 Å². The second-order valence-corrected chi connectivity index (χ2v) is 7.61. The molecule has 0 aromatic heterocycles. The van der Waals surface area contributed by atoms with E-state index in [0.717, 1.165) is 37.3 Å². The number of fused-ring (bicyclic) bond motifs is 3. The van der Waals surface area contributed by atoms with Gasteiger partial charge in [0.2, 0.25) is 11.8 Å². The molecule has 1 saturated heterocycles. The van der Waals surface area contributed by atoms with E-state index in [1.807, 2.05) is 36.9 Å². The van der Waals surface area contributed by atoms with Gasteiger partial charge in [-0.05, 0) is 45.2 Å². The maximum atomic E-state index is 12.8. The first kappa shape index (κ1) is 19.7. The number of amides is 2. The fourth-order valence-corrected chi connectivity index (χ4v) is 3.89. The highest BCUT2D eigenvalue weighted by atomic mass is 16.5. The third-order valence-electron chi connectivity index (χ3n) is 5.21. The summed E-state index contributed by atoms with van der Waals surface area (Å²) >= 11 is 0. The van der Waals surface area contributed by atoms with Crippen molar-refractivity contribution in [3.63, 3.8) is 0 Å². The van der Waals surface area contributed by atoms with Crippen molar-refractivity contribution in [2.45, 2.75) is 58.1 Å². The smallest absolute Gasteiger partial charge is 0.227 e. The first-order valence-corrected chi connectivity index (χ1v) is 10.1. The maximum Gasteiger partial charge on any atom is 0.227 e. The second kappa shape index (κ2) is 9.22. The normalized spacial score (nSPS) is 18.4. The van der Waals surface area contributed by atoms with Crippen LogP contribution in [-0.2, 0) is 14.3 Å². The number of nitrogens with one attached hydrogen (secondary N) is 1. The van der Waals surface area contributed by atoms with Crippen molar-refractivity contribution >= 4 is 23.2 Å². The summed E-state index contributed by atoms with van der Waals surface area (Å²) in [6, 6.07) is 8.51. The van der Waals surface area contributed by atoms with Crippen LogP contribution in [0.3, 0.4) is 0 Å². The number of nitrogens with zero attached hydrogens (tertiary/aromatic N) is 2. The van der Waals surface area contributed by atoms with Gasteiger partial charge in [-0.25, -0.2) is 0 Å².